The summed E-state index contributed by atoms with van der Waals surface area (Å²) >= 11 is 0. The number of nitrogens with two attached hydrogens (primary N) is 1. The molecule has 0 aliphatic heterocycles. The normalized spacial score (nSPS) is 17.4. The van der Waals surface area contributed by atoms with Crippen molar-refractivity contribution < 1.29 is 0 Å². The standard InChI is InChI=1S/C16H26N2/c1-2-4-14-5-7-15(8-6-14)11-18-13-16(12-17)9-3-10-16/h5-8,18H,2-4,9-13,17H2,1H3. The summed E-state index contributed by atoms with van der Waals surface area (Å²) in [5, 5.41) is 3.57. The Labute approximate surface area is 111 Å². The average Bonchev–Trinajstić information content (AvgIpc) is 2.35. The highest BCUT2D eigenvalue weighted by Gasteiger charge is 2.34. The molecule has 1 aliphatic rings. The van der Waals surface area contributed by atoms with E-state index in [9.17, 15) is 0 Å². The second-order valence-electron chi connectivity index (χ2n) is 5.73. The van der Waals surface area contributed by atoms with Gasteiger partial charge in [-0.25, -0.2) is 0 Å². The smallest absolute Gasteiger partial charge is 0.0205 e. The maximum atomic E-state index is 5.86. The zero-order chi connectivity index (χ0) is 12.8. The number of nitrogens with one attached hydrogen (secondary N) is 1. The molecule has 0 amide bonds. The first-order valence-corrected chi connectivity index (χ1v) is 7.27. The monoisotopic (exact) mass is 246 g/mol. The quantitative estimate of drug-likeness (QED) is 0.776. The molecule has 1 saturated carbocycles. The van der Waals surface area contributed by atoms with Crippen molar-refractivity contribution in [3.8, 4) is 0 Å². The molecule has 18 heavy (non-hydrogen) atoms. The van der Waals surface area contributed by atoms with Gasteiger partial charge in [0, 0.05) is 13.1 Å². The van der Waals surface area contributed by atoms with E-state index in [1.807, 2.05) is 0 Å². The van der Waals surface area contributed by atoms with Crippen LogP contribution in [0.2, 0.25) is 0 Å². The van der Waals surface area contributed by atoms with Crippen molar-refractivity contribution in [1.82, 2.24) is 5.32 Å². The lowest BCUT2D eigenvalue weighted by atomic mass is 9.69. The van der Waals surface area contributed by atoms with E-state index in [2.05, 4.69) is 36.5 Å². The van der Waals surface area contributed by atoms with Crippen LogP contribution in [-0.2, 0) is 13.0 Å². The van der Waals surface area contributed by atoms with Crippen LogP contribution >= 0.6 is 0 Å². The third kappa shape index (κ3) is 3.33. The van der Waals surface area contributed by atoms with Gasteiger partial charge in [0.2, 0.25) is 0 Å². The summed E-state index contributed by atoms with van der Waals surface area (Å²) in [6.45, 7) is 5.09. The van der Waals surface area contributed by atoms with E-state index >= 15 is 0 Å². The lowest BCUT2D eigenvalue weighted by Crippen LogP contribution is -2.45. The third-order valence-electron chi connectivity index (χ3n) is 4.24. The van der Waals surface area contributed by atoms with E-state index in [-0.39, 0.29) is 0 Å². The molecule has 2 rings (SSSR count). The third-order valence-corrected chi connectivity index (χ3v) is 4.24. The molecule has 0 aromatic heterocycles. The first-order chi connectivity index (χ1) is 8.78. The van der Waals surface area contributed by atoms with Crippen LogP contribution < -0.4 is 11.1 Å². The zero-order valence-electron chi connectivity index (χ0n) is 11.5. The largest absolute Gasteiger partial charge is 0.330 e. The van der Waals surface area contributed by atoms with Gasteiger partial charge in [-0.2, -0.15) is 0 Å². The molecular formula is C16H26N2. The molecule has 0 atom stereocenters. The van der Waals surface area contributed by atoms with E-state index in [1.54, 1.807) is 0 Å². The molecule has 0 saturated heterocycles. The first kappa shape index (κ1) is 13.6. The van der Waals surface area contributed by atoms with E-state index < -0.39 is 0 Å². The highest BCUT2D eigenvalue weighted by molar-refractivity contribution is 5.22. The molecule has 1 aromatic carbocycles. The fraction of sp³-hybridized carbons (Fsp3) is 0.625. The second kappa shape index (κ2) is 6.35. The summed E-state index contributed by atoms with van der Waals surface area (Å²) < 4.78 is 0. The first-order valence-electron chi connectivity index (χ1n) is 7.27. The molecule has 0 spiro atoms. The highest BCUT2D eigenvalue weighted by Crippen LogP contribution is 2.39. The van der Waals surface area contributed by atoms with Crippen molar-refractivity contribution >= 4 is 0 Å². The van der Waals surface area contributed by atoms with E-state index in [0.29, 0.717) is 5.41 Å². The minimum absolute atomic E-state index is 0.405. The number of rotatable bonds is 7. The van der Waals surface area contributed by atoms with E-state index in [1.165, 1.54) is 43.2 Å². The highest BCUT2D eigenvalue weighted by atomic mass is 14.9. The zero-order valence-corrected chi connectivity index (χ0v) is 11.5. The molecule has 0 unspecified atom stereocenters. The summed E-state index contributed by atoms with van der Waals surface area (Å²) in [5.74, 6) is 0. The minimum Gasteiger partial charge on any atom is -0.330 e. The summed E-state index contributed by atoms with van der Waals surface area (Å²) in [6, 6.07) is 8.99. The number of benzene rings is 1. The molecule has 0 bridgehead atoms. The minimum atomic E-state index is 0.405. The van der Waals surface area contributed by atoms with Crippen molar-refractivity contribution in [2.75, 3.05) is 13.1 Å². The van der Waals surface area contributed by atoms with Gasteiger partial charge in [0.1, 0.15) is 0 Å². The van der Waals surface area contributed by atoms with Gasteiger partial charge in [0.25, 0.3) is 0 Å². The van der Waals surface area contributed by atoms with Crippen molar-refractivity contribution in [3.05, 3.63) is 35.4 Å². The Morgan fingerprint density at radius 1 is 1.17 bits per heavy atom. The Balaban J connectivity index is 1.76. The van der Waals surface area contributed by atoms with Crippen molar-refractivity contribution in [2.45, 2.75) is 45.6 Å². The molecule has 1 aromatic rings. The molecule has 3 N–H and O–H groups in total. The summed E-state index contributed by atoms with van der Waals surface area (Å²) in [4.78, 5) is 0. The van der Waals surface area contributed by atoms with Gasteiger partial charge in [-0.3, -0.25) is 0 Å². The molecule has 1 fully saturated rings. The molecule has 2 heteroatoms. The maximum absolute atomic E-state index is 5.86. The fourth-order valence-electron chi connectivity index (χ4n) is 2.71. The number of hydrogen-bond acceptors (Lipinski definition) is 2. The van der Waals surface area contributed by atoms with Gasteiger partial charge in [-0.15, -0.1) is 0 Å². The molecule has 1 aliphatic carbocycles. The van der Waals surface area contributed by atoms with Crippen LogP contribution in [0.15, 0.2) is 24.3 Å². The SMILES string of the molecule is CCCc1ccc(CNCC2(CN)CCC2)cc1. The van der Waals surface area contributed by atoms with Crippen LogP contribution in [0.3, 0.4) is 0 Å². The Morgan fingerprint density at radius 2 is 1.83 bits per heavy atom. The Bertz CT molecular complexity index is 346. The predicted octanol–water partition coefficient (Wildman–Crippen LogP) is 2.86. The second-order valence-corrected chi connectivity index (χ2v) is 5.73. The lowest BCUT2D eigenvalue weighted by Gasteiger charge is -2.41. The van der Waals surface area contributed by atoms with Crippen LogP contribution in [0.4, 0.5) is 0 Å². The number of aryl methyl sites for hydroxylation is 1. The number of hydrogen-bond donors (Lipinski definition) is 2. The Hall–Kier alpha value is -0.860. The van der Waals surface area contributed by atoms with Gasteiger partial charge in [0.15, 0.2) is 0 Å². The molecule has 2 nitrogen and oxygen atoms in total. The van der Waals surface area contributed by atoms with Crippen LogP contribution in [0.1, 0.15) is 43.7 Å². The topological polar surface area (TPSA) is 38.0 Å². The van der Waals surface area contributed by atoms with Gasteiger partial charge < -0.3 is 11.1 Å². The van der Waals surface area contributed by atoms with Crippen LogP contribution in [0.25, 0.3) is 0 Å². The average molecular weight is 246 g/mol. The van der Waals surface area contributed by atoms with Crippen molar-refractivity contribution in [1.29, 1.82) is 0 Å². The Kier molecular flexibility index (Phi) is 4.79. The van der Waals surface area contributed by atoms with Crippen LogP contribution in [-0.4, -0.2) is 13.1 Å². The van der Waals surface area contributed by atoms with Gasteiger partial charge in [0.05, 0.1) is 0 Å². The van der Waals surface area contributed by atoms with Gasteiger partial charge in [-0.1, -0.05) is 44.0 Å². The van der Waals surface area contributed by atoms with Crippen molar-refractivity contribution in [3.63, 3.8) is 0 Å². The maximum Gasteiger partial charge on any atom is 0.0205 e. The van der Waals surface area contributed by atoms with Crippen LogP contribution in [0, 0.1) is 5.41 Å². The lowest BCUT2D eigenvalue weighted by molar-refractivity contribution is 0.141. The summed E-state index contributed by atoms with van der Waals surface area (Å²) in [6.07, 6.45) is 6.35. The van der Waals surface area contributed by atoms with Gasteiger partial charge in [-0.05, 0) is 42.3 Å². The molecular weight excluding hydrogens is 220 g/mol. The molecule has 0 radical (unpaired) electrons. The molecule has 100 valence electrons. The van der Waals surface area contributed by atoms with Gasteiger partial charge >= 0.3 is 0 Å². The predicted molar refractivity (Wildman–Crippen MR) is 77.5 cm³/mol. The summed E-state index contributed by atoms with van der Waals surface area (Å²) in [5.41, 5.74) is 9.09. The van der Waals surface area contributed by atoms with E-state index in [4.69, 9.17) is 5.73 Å². The van der Waals surface area contributed by atoms with Crippen molar-refractivity contribution in [2.24, 2.45) is 11.1 Å². The van der Waals surface area contributed by atoms with Crippen LogP contribution in [0.5, 0.6) is 0 Å². The Morgan fingerprint density at radius 3 is 2.33 bits per heavy atom. The summed E-state index contributed by atoms with van der Waals surface area (Å²) in [7, 11) is 0. The fourth-order valence-corrected chi connectivity index (χ4v) is 2.71. The molecule has 0 heterocycles. The van der Waals surface area contributed by atoms with E-state index in [0.717, 1.165) is 19.6 Å².